The smallest absolute Gasteiger partial charge is 0.311 e. The maximum absolute atomic E-state index is 13.3. The summed E-state index contributed by atoms with van der Waals surface area (Å²) in [7, 11) is 0. The maximum Gasteiger partial charge on any atom is 0.311 e. The molecule has 152 valence electrons. The molecule has 3 rings (SSSR count). The molecule has 0 aliphatic heterocycles. The van der Waals surface area contributed by atoms with Crippen LogP contribution in [0.1, 0.15) is 39.7 Å². The van der Waals surface area contributed by atoms with Gasteiger partial charge in [-0.3, -0.25) is 9.59 Å². The van der Waals surface area contributed by atoms with Gasteiger partial charge < -0.3 is 19.6 Å². The number of carboxylic acids is 1. The molecule has 3 aromatic rings. The number of likely N-dealkylation sites (N-methyl/N-ethyl adjacent to an activating group) is 1. The Kier molecular flexibility index (Phi) is 6.34. The lowest BCUT2D eigenvalue weighted by Crippen LogP contribution is -2.20. The van der Waals surface area contributed by atoms with Gasteiger partial charge in [0.05, 0.1) is 5.56 Å². The molecule has 29 heavy (non-hydrogen) atoms. The minimum atomic E-state index is -1.05. The number of para-hydroxylation sites is 1. The van der Waals surface area contributed by atoms with E-state index in [9.17, 15) is 14.7 Å². The zero-order valence-corrected chi connectivity index (χ0v) is 16.9. The number of aryl methyl sites for hydroxylation is 2. The summed E-state index contributed by atoms with van der Waals surface area (Å²) in [5.74, 6) is -0.362. The second-order valence-electron chi connectivity index (χ2n) is 6.94. The summed E-state index contributed by atoms with van der Waals surface area (Å²) in [5.41, 5.74) is 3.01. The van der Waals surface area contributed by atoms with Crippen molar-refractivity contribution >= 4 is 22.7 Å². The summed E-state index contributed by atoms with van der Waals surface area (Å²) >= 11 is 0. The highest BCUT2D eigenvalue weighted by Crippen LogP contribution is 2.31. The van der Waals surface area contributed by atoms with E-state index >= 15 is 0 Å². The quantitative estimate of drug-likeness (QED) is 0.422. The van der Waals surface area contributed by atoms with E-state index in [1.165, 1.54) is 0 Å². The number of carbonyl (C=O) groups excluding carboxylic acids is 1. The monoisotopic (exact) mass is 395 g/mol. The molecule has 0 unspecified atom stereocenters. The first kappa shape index (κ1) is 20.6. The van der Waals surface area contributed by atoms with Crippen molar-refractivity contribution in [2.75, 3.05) is 19.7 Å². The molecule has 2 N–H and O–H groups in total. The topological polar surface area (TPSA) is 88.8 Å². The van der Waals surface area contributed by atoms with Gasteiger partial charge in [0.25, 0.3) is 0 Å². The molecule has 6 heteroatoms. The fraction of sp³-hybridized carbons (Fsp3) is 0.304. The van der Waals surface area contributed by atoms with Crippen molar-refractivity contribution in [3.8, 4) is 5.75 Å². The number of benzene rings is 2. The second-order valence-corrected chi connectivity index (χ2v) is 6.94. The minimum absolute atomic E-state index is 0.171. The SMILES string of the molecule is CCNCCOc1c(C)cc(C(=O)c2c(CC(=O)O)oc3ccccc23)cc1C. The van der Waals surface area contributed by atoms with Gasteiger partial charge in [0, 0.05) is 17.5 Å². The molecule has 1 heterocycles. The lowest BCUT2D eigenvalue weighted by molar-refractivity contribution is -0.136. The van der Waals surface area contributed by atoms with E-state index in [1.54, 1.807) is 36.4 Å². The molecule has 0 atom stereocenters. The number of rotatable bonds is 9. The molecule has 1 aromatic heterocycles. The van der Waals surface area contributed by atoms with E-state index in [-0.39, 0.29) is 18.0 Å². The molecule has 0 aliphatic rings. The molecule has 0 spiro atoms. The Bertz CT molecular complexity index is 1030. The predicted molar refractivity (Wildman–Crippen MR) is 111 cm³/mol. The normalized spacial score (nSPS) is 11.0. The van der Waals surface area contributed by atoms with Crippen molar-refractivity contribution in [1.82, 2.24) is 5.32 Å². The van der Waals surface area contributed by atoms with Gasteiger partial charge in [0.15, 0.2) is 5.78 Å². The summed E-state index contributed by atoms with van der Waals surface area (Å²) in [6, 6.07) is 10.7. The molecule has 2 aromatic carbocycles. The van der Waals surface area contributed by atoms with E-state index in [0.717, 1.165) is 30.0 Å². The Balaban J connectivity index is 1.97. The number of aliphatic carboxylic acids is 1. The zero-order valence-electron chi connectivity index (χ0n) is 16.9. The molecular formula is C23H25NO5. The van der Waals surface area contributed by atoms with Crippen LogP contribution in [0.5, 0.6) is 5.75 Å². The second kappa shape index (κ2) is 8.92. The van der Waals surface area contributed by atoms with Crippen molar-refractivity contribution in [3.63, 3.8) is 0 Å². The van der Waals surface area contributed by atoms with Crippen LogP contribution in [0.4, 0.5) is 0 Å². The zero-order chi connectivity index (χ0) is 21.0. The van der Waals surface area contributed by atoms with Gasteiger partial charge in [0.2, 0.25) is 0 Å². The van der Waals surface area contributed by atoms with E-state index in [1.807, 2.05) is 20.8 Å². The Morgan fingerprint density at radius 3 is 2.48 bits per heavy atom. The highest BCUT2D eigenvalue weighted by molar-refractivity contribution is 6.17. The number of fused-ring (bicyclic) bond motifs is 1. The molecular weight excluding hydrogens is 370 g/mol. The van der Waals surface area contributed by atoms with Gasteiger partial charge in [-0.05, 0) is 49.7 Å². The van der Waals surface area contributed by atoms with E-state index in [2.05, 4.69) is 5.32 Å². The Hall–Kier alpha value is -3.12. The van der Waals surface area contributed by atoms with Crippen molar-refractivity contribution in [1.29, 1.82) is 0 Å². The number of ketones is 1. The van der Waals surface area contributed by atoms with Crippen molar-refractivity contribution < 1.29 is 23.8 Å². The van der Waals surface area contributed by atoms with Crippen molar-refractivity contribution in [2.24, 2.45) is 0 Å². The van der Waals surface area contributed by atoms with Gasteiger partial charge in [-0.25, -0.2) is 0 Å². The molecule has 0 bridgehead atoms. The van der Waals surface area contributed by atoms with Gasteiger partial charge in [-0.15, -0.1) is 0 Å². The van der Waals surface area contributed by atoms with Crippen LogP contribution in [0.2, 0.25) is 0 Å². The maximum atomic E-state index is 13.3. The first-order valence-corrected chi connectivity index (χ1v) is 9.64. The van der Waals surface area contributed by atoms with E-state index < -0.39 is 5.97 Å². The Morgan fingerprint density at radius 2 is 1.83 bits per heavy atom. The highest BCUT2D eigenvalue weighted by Gasteiger charge is 2.24. The van der Waals surface area contributed by atoms with Crippen LogP contribution in [-0.4, -0.2) is 36.6 Å². The molecule has 0 saturated carbocycles. The molecule has 0 radical (unpaired) electrons. The van der Waals surface area contributed by atoms with Crippen molar-refractivity contribution in [2.45, 2.75) is 27.2 Å². The van der Waals surface area contributed by atoms with Gasteiger partial charge in [-0.2, -0.15) is 0 Å². The molecule has 0 amide bonds. The van der Waals surface area contributed by atoms with Crippen LogP contribution in [0, 0.1) is 13.8 Å². The van der Waals surface area contributed by atoms with E-state index in [4.69, 9.17) is 9.15 Å². The third-order valence-corrected chi connectivity index (χ3v) is 4.70. The number of furan rings is 1. The number of carbonyl (C=O) groups is 2. The predicted octanol–water partition coefficient (Wildman–Crippen LogP) is 3.90. The van der Waals surface area contributed by atoms with Gasteiger partial charge in [-0.1, -0.05) is 25.1 Å². The largest absolute Gasteiger partial charge is 0.492 e. The first-order chi connectivity index (χ1) is 13.9. The van der Waals surface area contributed by atoms with Crippen LogP contribution < -0.4 is 10.1 Å². The summed E-state index contributed by atoms with van der Waals surface area (Å²) in [6.07, 6.45) is -0.348. The van der Waals surface area contributed by atoms with Gasteiger partial charge in [0.1, 0.15) is 30.1 Å². The van der Waals surface area contributed by atoms with Crippen LogP contribution in [-0.2, 0) is 11.2 Å². The molecule has 0 aliphatic carbocycles. The molecule has 0 fully saturated rings. The van der Waals surface area contributed by atoms with Gasteiger partial charge >= 0.3 is 5.97 Å². The number of hydrogen-bond donors (Lipinski definition) is 2. The summed E-state index contributed by atoms with van der Waals surface area (Å²) < 4.78 is 11.6. The number of nitrogens with one attached hydrogen (secondary N) is 1. The van der Waals surface area contributed by atoms with Crippen LogP contribution >= 0.6 is 0 Å². The average Bonchev–Trinajstić information content (AvgIpc) is 3.03. The third kappa shape index (κ3) is 4.49. The molecule has 6 nitrogen and oxygen atoms in total. The van der Waals surface area contributed by atoms with E-state index in [0.29, 0.717) is 28.7 Å². The molecule has 0 saturated heterocycles. The van der Waals surface area contributed by atoms with Crippen molar-refractivity contribution in [3.05, 3.63) is 64.4 Å². The number of carboxylic acid groups (broad SMARTS) is 1. The average molecular weight is 395 g/mol. The summed E-state index contributed by atoms with van der Waals surface area (Å²) in [5, 5.41) is 13.0. The summed E-state index contributed by atoms with van der Waals surface area (Å²) in [6.45, 7) is 8.00. The Morgan fingerprint density at radius 1 is 1.14 bits per heavy atom. The fourth-order valence-corrected chi connectivity index (χ4v) is 3.46. The highest BCUT2D eigenvalue weighted by atomic mass is 16.5. The first-order valence-electron chi connectivity index (χ1n) is 9.64. The lowest BCUT2D eigenvalue weighted by Gasteiger charge is -2.14. The fourth-order valence-electron chi connectivity index (χ4n) is 3.46. The number of ether oxygens (including phenoxy) is 1. The van der Waals surface area contributed by atoms with Crippen LogP contribution in [0.3, 0.4) is 0 Å². The minimum Gasteiger partial charge on any atom is -0.492 e. The standard InChI is InChI=1S/C23H25NO5/c1-4-24-9-10-28-23-14(2)11-16(12-15(23)3)22(27)21-17-7-5-6-8-18(17)29-19(21)13-20(25)26/h5-8,11-12,24H,4,9-10,13H2,1-3H3,(H,25,26). The Labute approximate surface area is 169 Å². The lowest BCUT2D eigenvalue weighted by atomic mass is 9.96. The number of hydrogen-bond acceptors (Lipinski definition) is 5. The third-order valence-electron chi connectivity index (χ3n) is 4.70. The summed E-state index contributed by atoms with van der Waals surface area (Å²) in [4.78, 5) is 24.6. The van der Waals surface area contributed by atoms with Crippen LogP contribution in [0.25, 0.3) is 11.0 Å². The van der Waals surface area contributed by atoms with Crippen LogP contribution in [0.15, 0.2) is 40.8 Å².